The minimum atomic E-state index is -0.146. The van der Waals surface area contributed by atoms with Crippen LogP contribution in [0.3, 0.4) is 0 Å². The van der Waals surface area contributed by atoms with Gasteiger partial charge < -0.3 is 5.32 Å². The topological polar surface area (TPSA) is 53.5 Å². The highest BCUT2D eigenvalue weighted by molar-refractivity contribution is 6.01. The molecule has 0 aromatic heterocycles. The number of allylic oxidation sites excluding steroid dienone is 3. The van der Waals surface area contributed by atoms with Crippen molar-refractivity contribution in [3.05, 3.63) is 53.1 Å². The molecule has 2 rings (SSSR count). The Morgan fingerprint density at radius 3 is 2.75 bits per heavy atom. The quantitative estimate of drug-likeness (QED) is 0.632. The molecule has 0 saturated carbocycles. The summed E-state index contributed by atoms with van der Waals surface area (Å²) in [6.07, 6.45) is 4.01. The van der Waals surface area contributed by atoms with Crippen LogP contribution < -0.4 is 10.7 Å². The standard InChI is InChI=1S/C20H27N3O/c1-13(2)17-8-7-15(4)19(11-17)22-23-20(24)12-21-18-9-6-14(3)10-16(18)5/h6-7,9-10,17,21H,1,8,11-12H2,2-5H3,(H,23,24)/t17-/m0/s1. The number of hydrazone groups is 1. The number of anilines is 1. The molecule has 1 aliphatic carbocycles. The van der Waals surface area contributed by atoms with Crippen molar-refractivity contribution >= 4 is 17.3 Å². The first-order chi connectivity index (χ1) is 11.4. The van der Waals surface area contributed by atoms with Gasteiger partial charge in [0.1, 0.15) is 0 Å². The SMILES string of the molecule is C=C(C)[C@H]1CC=C(C)C(=NNC(=O)CNc2ccc(C)cc2C)C1. The number of benzene rings is 1. The Morgan fingerprint density at radius 2 is 2.08 bits per heavy atom. The number of carbonyl (C=O) groups is 1. The van der Waals surface area contributed by atoms with Crippen molar-refractivity contribution in [2.45, 2.75) is 40.5 Å². The Labute approximate surface area is 144 Å². The third-order valence-corrected chi connectivity index (χ3v) is 4.44. The molecular formula is C20H27N3O. The maximum atomic E-state index is 12.0. The molecule has 1 aromatic rings. The average Bonchev–Trinajstić information content (AvgIpc) is 2.53. The average molecular weight is 325 g/mol. The van der Waals surface area contributed by atoms with Crippen LogP contribution in [0.25, 0.3) is 0 Å². The van der Waals surface area contributed by atoms with Gasteiger partial charge in [-0.15, -0.1) is 0 Å². The third-order valence-electron chi connectivity index (χ3n) is 4.44. The normalized spacial score (nSPS) is 18.9. The smallest absolute Gasteiger partial charge is 0.259 e. The molecule has 0 heterocycles. The Balaban J connectivity index is 1.91. The summed E-state index contributed by atoms with van der Waals surface area (Å²) in [5, 5.41) is 7.47. The number of hydrogen-bond donors (Lipinski definition) is 2. The minimum absolute atomic E-state index is 0.146. The highest BCUT2D eigenvalue weighted by Crippen LogP contribution is 2.26. The van der Waals surface area contributed by atoms with Gasteiger partial charge in [0.05, 0.1) is 12.3 Å². The van der Waals surface area contributed by atoms with Crippen LogP contribution in [-0.2, 0) is 4.79 Å². The van der Waals surface area contributed by atoms with Gasteiger partial charge in [0, 0.05) is 5.69 Å². The van der Waals surface area contributed by atoms with Gasteiger partial charge in [-0.25, -0.2) is 5.43 Å². The lowest BCUT2D eigenvalue weighted by Crippen LogP contribution is -2.28. The zero-order chi connectivity index (χ0) is 17.7. The van der Waals surface area contributed by atoms with E-state index in [9.17, 15) is 4.79 Å². The lowest BCUT2D eigenvalue weighted by atomic mass is 9.85. The van der Waals surface area contributed by atoms with Crippen molar-refractivity contribution in [1.29, 1.82) is 0 Å². The van der Waals surface area contributed by atoms with Gasteiger partial charge >= 0.3 is 0 Å². The lowest BCUT2D eigenvalue weighted by Gasteiger charge is -2.22. The third kappa shape index (κ3) is 4.82. The molecule has 128 valence electrons. The highest BCUT2D eigenvalue weighted by Gasteiger charge is 2.18. The summed E-state index contributed by atoms with van der Waals surface area (Å²) >= 11 is 0. The number of aryl methyl sites for hydroxylation is 2. The van der Waals surface area contributed by atoms with Crippen LogP contribution in [0.15, 0.2) is 47.1 Å². The maximum absolute atomic E-state index is 12.0. The molecule has 24 heavy (non-hydrogen) atoms. The summed E-state index contributed by atoms with van der Waals surface area (Å²) < 4.78 is 0. The van der Waals surface area contributed by atoms with E-state index in [0.29, 0.717) is 5.92 Å². The van der Waals surface area contributed by atoms with Gasteiger partial charge in [0.15, 0.2) is 0 Å². The lowest BCUT2D eigenvalue weighted by molar-refractivity contribution is -0.119. The first-order valence-electron chi connectivity index (χ1n) is 8.36. The molecule has 1 aromatic carbocycles. The van der Waals surface area contributed by atoms with E-state index in [1.807, 2.05) is 32.9 Å². The number of nitrogens with zero attached hydrogens (tertiary/aromatic N) is 1. The van der Waals surface area contributed by atoms with Crippen LogP contribution in [0.2, 0.25) is 0 Å². The predicted molar refractivity (Wildman–Crippen MR) is 101 cm³/mol. The van der Waals surface area contributed by atoms with Gasteiger partial charge in [-0.2, -0.15) is 5.10 Å². The van der Waals surface area contributed by atoms with Gasteiger partial charge in [-0.05, 0) is 63.7 Å². The second-order valence-corrected chi connectivity index (χ2v) is 6.64. The summed E-state index contributed by atoms with van der Waals surface area (Å²) in [6, 6.07) is 6.12. The second kappa shape index (κ2) is 7.95. The summed E-state index contributed by atoms with van der Waals surface area (Å²) in [6.45, 7) is 12.4. The fraction of sp³-hybridized carbons (Fsp3) is 0.400. The maximum Gasteiger partial charge on any atom is 0.259 e. The van der Waals surface area contributed by atoms with Crippen LogP contribution in [-0.4, -0.2) is 18.2 Å². The van der Waals surface area contributed by atoms with E-state index in [1.54, 1.807) is 0 Å². The fourth-order valence-corrected chi connectivity index (χ4v) is 2.78. The molecule has 4 heteroatoms. The van der Waals surface area contributed by atoms with E-state index in [2.05, 4.69) is 41.5 Å². The summed E-state index contributed by atoms with van der Waals surface area (Å²) in [5.41, 5.74) is 9.20. The molecule has 0 fully saturated rings. The van der Waals surface area contributed by atoms with Crippen molar-refractivity contribution in [3.63, 3.8) is 0 Å². The minimum Gasteiger partial charge on any atom is -0.376 e. The van der Waals surface area contributed by atoms with Crippen molar-refractivity contribution in [2.24, 2.45) is 11.0 Å². The molecule has 0 bridgehead atoms. The summed E-state index contributed by atoms with van der Waals surface area (Å²) in [5.74, 6) is 0.269. The van der Waals surface area contributed by atoms with E-state index in [1.165, 1.54) is 5.56 Å². The van der Waals surface area contributed by atoms with Crippen molar-refractivity contribution < 1.29 is 4.79 Å². The first kappa shape index (κ1) is 18.0. The molecule has 1 aliphatic rings. The van der Waals surface area contributed by atoms with E-state index in [-0.39, 0.29) is 12.5 Å². The molecule has 1 atom stereocenters. The van der Waals surface area contributed by atoms with E-state index >= 15 is 0 Å². The molecule has 1 amide bonds. The van der Waals surface area contributed by atoms with Crippen LogP contribution >= 0.6 is 0 Å². The summed E-state index contributed by atoms with van der Waals surface area (Å²) in [7, 11) is 0. The molecule has 0 aliphatic heterocycles. The van der Waals surface area contributed by atoms with Crippen molar-refractivity contribution in [3.8, 4) is 0 Å². The molecule has 0 spiro atoms. The van der Waals surface area contributed by atoms with Gasteiger partial charge in [0.2, 0.25) is 0 Å². The first-order valence-corrected chi connectivity index (χ1v) is 8.36. The Bertz CT molecular complexity index is 701. The predicted octanol–water partition coefficient (Wildman–Crippen LogP) is 4.12. The molecule has 2 N–H and O–H groups in total. The van der Waals surface area contributed by atoms with Crippen LogP contribution in [0.5, 0.6) is 0 Å². The fourth-order valence-electron chi connectivity index (χ4n) is 2.78. The number of amides is 1. The van der Waals surface area contributed by atoms with Gasteiger partial charge in [-0.1, -0.05) is 35.9 Å². The second-order valence-electron chi connectivity index (χ2n) is 6.64. The monoisotopic (exact) mass is 325 g/mol. The molecule has 0 unspecified atom stereocenters. The van der Waals surface area contributed by atoms with Gasteiger partial charge in [-0.3, -0.25) is 4.79 Å². The van der Waals surface area contributed by atoms with Crippen LogP contribution in [0.1, 0.15) is 37.8 Å². The number of hydrogen-bond acceptors (Lipinski definition) is 3. The zero-order valence-corrected chi connectivity index (χ0v) is 15.1. The Kier molecular flexibility index (Phi) is 5.96. The van der Waals surface area contributed by atoms with Crippen molar-refractivity contribution in [2.75, 3.05) is 11.9 Å². The van der Waals surface area contributed by atoms with E-state index in [4.69, 9.17) is 0 Å². The number of carbonyl (C=O) groups excluding carboxylic acids is 1. The number of nitrogens with one attached hydrogen (secondary N) is 2. The molecule has 4 nitrogen and oxygen atoms in total. The summed E-state index contributed by atoms with van der Waals surface area (Å²) in [4.78, 5) is 12.0. The largest absolute Gasteiger partial charge is 0.376 e. The van der Waals surface area contributed by atoms with Gasteiger partial charge in [0.25, 0.3) is 5.91 Å². The van der Waals surface area contributed by atoms with Crippen LogP contribution in [0.4, 0.5) is 5.69 Å². The highest BCUT2D eigenvalue weighted by atomic mass is 16.2. The molecular weight excluding hydrogens is 298 g/mol. The molecule has 0 saturated heterocycles. The van der Waals surface area contributed by atoms with Crippen molar-refractivity contribution in [1.82, 2.24) is 5.43 Å². The Hall–Kier alpha value is -2.36. The number of rotatable bonds is 5. The van der Waals surface area contributed by atoms with E-state index < -0.39 is 0 Å². The van der Waals surface area contributed by atoms with E-state index in [0.717, 1.165) is 41.0 Å². The zero-order valence-electron chi connectivity index (χ0n) is 15.1. The molecule has 0 radical (unpaired) electrons. The Morgan fingerprint density at radius 1 is 1.33 bits per heavy atom. The van der Waals surface area contributed by atoms with Crippen LogP contribution in [0, 0.1) is 19.8 Å².